The number of unbranched alkanes of at least 4 members (excludes halogenated alkanes) is 1. The van der Waals surface area contributed by atoms with Gasteiger partial charge >= 0.3 is 0 Å². The Balaban J connectivity index is 2.04. The van der Waals surface area contributed by atoms with Gasteiger partial charge in [-0.05, 0) is 88.5 Å². The molecular weight excluding hydrogens is 310 g/mol. The van der Waals surface area contributed by atoms with Crippen molar-refractivity contribution in [2.24, 2.45) is 5.41 Å². The molecule has 0 bridgehead atoms. The van der Waals surface area contributed by atoms with Crippen LogP contribution in [0.1, 0.15) is 93.6 Å². The molecule has 1 saturated carbocycles. The van der Waals surface area contributed by atoms with Gasteiger partial charge in [0.15, 0.2) is 5.78 Å². The molecule has 1 aromatic rings. The third-order valence-corrected chi connectivity index (χ3v) is 5.29. The van der Waals surface area contributed by atoms with E-state index in [-0.39, 0.29) is 11.2 Å². The second-order valence-electron chi connectivity index (χ2n) is 7.89. The van der Waals surface area contributed by atoms with Crippen molar-refractivity contribution in [2.75, 3.05) is 6.61 Å². The van der Waals surface area contributed by atoms with Gasteiger partial charge in [-0.2, -0.15) is 5.26 Å². The minimum absolute atomic E-state index is 0.155. The lowest BCUT2D eigenvalue weighted by Gasteiger charge is -2.28. The normalized spacial score (nSPS) is 14.7. The van der Waals surface area contributed by atoms with Crippen molar-refractivity contribution in [3.8, 4) is 11.8 Å². The lowest BCUT2D eigenvalue weighted by Crippen LogP contribution is -2.14. The summed E-state index contributed by atoms with van der Waals surface area (Å²) < 4.78 is 6.08. The average Bonchev–Trinajstić information content (AvgIpc) is 2.52. The molecule has 0 aromatic heterocycles. The van der Waals surface area contributed by atoms with Crippen LogP contribution in [0.25, 0.3) is 0 Å². The maximum absolute atomic E-state index is 12.0. The number of carbonyl (C=O) groups excluding carboxylic acids is 1. The third-order valence-electron chi connectivity index (χ3n) is 5.29. The van der Waals surface area contributed by atoms with Crippen molar-refractivity contribution in [2.45, 2.75) is 78.6 Å². The number of carbonyl (C=O) groups is 1. The van der Waals surface area contributed by atoms with Gasteiger partial charge in [-0.1, -0.05) is 13.3 Å². The summed E-state index contributed by atoms with van der Waals surface area (Å²) in [6.07, 6.45) is 7.29. The first-order valence-corrected chi connectivity index (χ1v) is 9.59. The Hall–Kier alpha value is -1.82. The fourth-order valence-corrected chi connectivity index (χ4v) is 3.32. The predicted octanol–water partition coefficient (Wildman–Crippen LogP) is 5.82. The van der Waals surface area contributed by atoms with Crippen molar-refractivity contribution in [3.05, 3.63) is 28.8 Å². The molecule has 0 aliphatic heterocycles. The Kier molecular flexibility index (Phi) is 6.64. The molecular formula is C22H31NO2. The number of ether oxygens (including phenoxy) is 1. The van der Waals surface area contributed by atoms with Crippen LogP contribution in [0, 0.1) is 16.7 Å². The van der Waals surface area contributed by atoms with E-state index in [0.29, 0.717) is 12.5 Å². The standard InChI is InChI=1S/C22H31NO2/c1-5-17-13-19(16(2)24)20(18-9-8-10-18)14-21(17)25-12-7-6-11-22(3,4)15-23/h13-14,18H,5-12H2,1-4H3. The quantitative estimate of drug-likeness (QED) is 0.420. The average molecular weight is 341 g/mol. The van der Waals surface area contributed by atoms with E-state index in [0.717, 1.165) is 42.6 Å². The maximum atomic E-state index is 12.0. The summed E-state index contributed by atoms with van der Waals surface area (Å²) in [6.45, 7) is 8.39. The third kappa shape index (κ3) is 5.08. The number of hydrogen-bond acceptors (Lipinski definition) is 3. The van der Waals surface area contributed by atoms with E-state index < -0.39 is 0 Å². The van der Waals surface area contributed by atoms with E-state index in [1.165, 1.54) is 24.8 Å². The smallest absolute Gasteiger partial charge is 0.160 e. The SMILES string of the molecule is CCc1cc(C(C)=O)c(C2CCC2)cc1OCCCCC(C)(C)C#N. The monoisotopic (exact) mass is 341 g/mol. The van der Waals surface area contributed by atoms with Gasteiger partial charge in [-0.25, -0.2) is 0 Å². The summed E-state index contributed by atoms with van der Waals surface area (Å²) in [7, 11) is 0. The molecule has 0 spiro atoms. The zero-order valence-electron chi connectivity index (χ0n) is 16.2. The van der Waals surface area contributed by atoms with Crippen LogP contribution in [-0.4, -0.2) is 12.4 Å². The topological polar surface area (TPSA) is 50.1 Å². The molecule has 0 amide bonds. The largest absolute Gasteiger partial charge is 0.493 e. The van der Waals surface area contributed by atoms with Gasteiger partial charge in [-0.15, -0.1) is 0 Å². The van der Waals surface area contributed by atoms with E-state index in [1.54, 1.807) is 6.92 Å². The highest BCUT2D eigenvalue weighted by molar-refractivity contribution is 5.96. The first kappa shape index (κ1) is 19.5. The zero-order valence-corrected chi connectivity index (χ0v) is 16.2. The summed E-state index contributed by atoms with van der Waals surface area (Å²) in [5.41, 5.74) is 2.92. The molecule has 1 aromatic carbocycles. The van der Waals surface area contributed by atoms with Gasteiger partial charge in [0.05, 0.1) is 18.1 Å². The molecule has 3 nitrogen and oxygen atoms in total. The number of nitrogens with zero attached hydrogens (tertiary/aromatic N) is 1. The van der Waals surface area contributed by atoms with E-state index in [4.69, 9.17) is 10.00 Å². The van der Waals surface area contributed by atoms with Crippen LogP contribution < -0.4 is 4.74 Å². The van der Waals surface area contributed by atoms with Crippen LogP contribution in [0.5, 0.6) is 5.75 Å². The molecule has 136 valence electrons. The van der Waals surface area contributed by atoms with Crippen LogP contribution in [0.3, 0.4) is 0 Å². The molecule has 0 radical (unpaired) electrons. The minimum Gasteiger partial charge on any atom is -0.493 e. The maximum Gasteiger partial charge on any atom is 0.160 e. The summed E-state index contributed by atoms with van der Waals surface area (Å²) in [5, 5.41) is 9.07. The van der Waals surface area contributed by atoms with Gasteiger partial charge < -0.3 is 4.74 Å². The second kappa shape index (κ2) is 8.52. The lowest BCUT2D eigenvalue weighted by molar-refractivity contribution is 0.101. The lowest BCUT2D eigenvalue weighted by atomic mass is 9.77. The van der Waals surface area contributed by atoms with E-state index in [1.807, 2.05) is 19.9 Å². The van der Waals surface area contributed by atoms with Crippen LogP contribution in [0.4, 0.5) is 0 Å². The first-order chi connectivity index (χ1) is 11.9. The van der Waals surface area contributed by atoms with Crippen molar-refractivity contribution < 1.29 is 9.53 Å². The highest BCUT2D eigenvalue weighted by Crippen LogP contribution is 2.40. The second-order valence-corrected chi connectivity index (χ2v) is 7.89. The molecule has 0 saturated heterocycles. The Morgan fingerprint density at radius 3 is 2.56 bits per heavy atom. The summed E-state index contributed by atoms with van der Waals surface area (Å²) in [6, 6.07) is 6.51. The van der Waals surface area contributed by atoms with Crippen molar-refractivity contribution in [1.29, 1.82) is 5.26 Å². The fourth-order valence-electron chi connectivity index (χ4n) is 3.32. The van der Waals surface area contributed by atoms with Crippen LogP contribution in [0.2, 0.25) is 0 Å². The molecule has 0 unspecified atom stereocenters. The van der Waals surface area contributed by atoms with E-state index in [2.05, 4.69) is 19.1 Å². The van der Waals surface area contributed by atoms with Crippen LogP contribution >= 0.6 is 0 Å². The molecule has 0 atom stereocenters. The summed E-state index contributed by atoms with van der Waals surface area (Å²) in [4.78, 5) is 12.0. The number of nitriles is 1. The van der Waals surface area contributed by atoms with Crippen molar-refractivity contribution in [1.82, 2.24) is 0 Å². The van der Waals surface area contributed by atoms with E-state index in [9.17, 15) is 4.79 Å². The van der Waals surface area contributed by atoms with E-state index >= 15 is 0 Å². The molecule has 1 aliphatic carbocycles. The van der Waals surface area contributed by atoms with Gasteiger partial charge in [0.1, 0.15) is 5.75 Å². The Morgan fingerprint density at radius 2 is 2.04 bits per heavy atom. The Bertz CT molecular complexity index is 651. The van der Waals surface area contributed by atoms with Gasteiger partial charge in [0.2, 0.25) is 0 Å². The zero-order chi connectivity index (χ0) is 18.4. The van der Waals surface area contributed by atoms with Gasteiger partial charge in [0, 0.05) is 5.56 Å². The summed E-state index contributed by atoms with van der Waals surface area (Å²) in [5.74, 6) is 1.61. The summed E-state index contributed by atoms with van der Waals surface area (Å²) >= 11 is 0. The van der Waals surface area contributed by atoms with Crippen molar-refractivity contribution >= 4 is 5.78 Å². The first-order valence-electron chi connectivity index (χ1n) is 9.59. The number of hydrogen-bond donors (Lipinski definition) is 0. The van der Waals surface area contributed by atoms with Gasteiger partial charge in [0.25, 0.3) is 0 Å². The molecule has 2 rings (SSSR count). The molecule has 1 aliphatic rings. The number of Topliss-reactive ketones (excluding diaryl/α,β-unsaturated/α-hetero) is 1. The molecule has 0 heterocycles. The highest BCUT2D eigenvalue weighted by atomic mass is 16.5. The Morgan fingerprint density at radius 1 is 1.32 bits per heavy atom. The highest BCUT2D eigenvalue weighted by Gasteiger charge is 2.25. The minimum atomic E-state index is -0.255. The molecule has 0 N–H and O–H groups in total. The van der Waals surface area contributed by atoms with Crippen molar-refractivity contribution in [3.63, 3.8) is 0 Å². The number of aryl methyl sites for hydroxylation is 1. The number of rotatable bonds is 9. The predicted molar refractivity (Wildman–Crippen MR) is 101 cm³/mol. The molecule has 25 heavy (non-hydrogen) atoms. The molecule has 3 heteroatoms. The fraction of sp³-hybridized carbons (Fsp3) is 0.636. The van der Waals surface area contributed by atoms with Crippen LogP contribution in [0.15, 0.2) is 12.1 Å². The van der Waals surface area contributed by atoms with Crippen LogP contribution in [-0.2, 0) is 6.42 Å². The molecule has 1 fully saturated rings. The van der Waals surface area contributed by atoms with Gasteiger partial charge in [-0.3, -0.25) is 4.79 Å². The number of ketones is 1. The Labute approximate surface area is 152 Å². The number of benzene rings is 1.